The Hall–Kier alpha value is -1.99. The van der Waals surface area contributed by atoms with Gasteiger partial charge in [0, 0.05) is 45.3 Å². The Morgan fingerprint density at radius 2 is 1.93 bits per heavy atom. The zero-order chi connectivity index (χ0) is 18.8. The number of piperazine rings is 1. The van der Waals surface area contributed by atoms with E-state index in [1.807, 2.05) is 21.9 Å². The highest BCUT2D eigenvalue weighted by atomic mass is 19.1. The maximum Gasteiger partial charge on any atom is 0.237 e. The van der Waals surface area contributed by atoms with Crippen LogP contribution >= 0.6 is 0 Å². The minimum atomic E-state index is -0.210. The topological polar surface area (TPSA) is 55.9 Å². The molecular weight excluding hydrogens is 347 g/mol. The van der Waals surface area contributed by atoms with E-state index in [0.29, 0.717) is 25.6 Å². The monoisotopic (exact) mass is 374 g/mol. The fourth-order valence-corrected chi connectivity index (χ4v) is 4.57. The molecule has 2 bridgehead atoms. The van der Waals surface area contributed by atoms with Crippen molar-refractivity contribution in [2.24, 2.45) is 5.92 Å². The molecule has 4 fully saturated rings. The van der Waals surface area contributed by atoms with Crippen LogP contribution in [0.2, 0.25) is 0 Å². The number of fused-ring (bicyclic) bond motifs is 4. The molecule has 4 aliphatic heterocycles. The molecule has 7 heteroatoms. The standard InChI is InChI=1S/C20H27FN4O2/c21-17-4-1-15(2-5-17)9-24-10-16-3-6-18(12-24)25(11-16)20(27)14-23-8-7-22-19(26)13-23/h1-2,4-5,16,18H,3,6-14H2,(H,22,26)/t16-,18+/m0/s1. The van der Waals surface area contributed by atoms with Crippen molar-refractivity contribution in [3.05, 3.63) is 35.6 Å². The normalized spacial score (nSPS) is 26.7. The quantitative estimate of drug-likeness (QED) is 0.842. The van der Waals surface area contributed by atoms with E-state index in [1.165, 1.54) is 12.1 Å². The van der Waals surface area contributed by atoms with Gasteiger partial charge in [-0.3, -0.25) is 19.4 Å². The Bertz CT molecular complexity index is 696. The predicted octanol–water partition coefficient (Wildman–Crippen LogP) is 0.680. The number of rotatable bonds is 4. The van der Waals surface area contributed by atoms with E-state index in [1.54, 1.807) is 0 Å². The number of benzene rings is 1. The molecule has 0 unspecified atom stereocenters. The van der Waals surface area contributed by atoms with Gasteiger partial charge < -0.3 is 10.2 Å². The van der Waals surface area contributed by atoms with E-state index in [4.69, 9.17) is 0 Å². The average Bonchev–Trinajstić information content (AvgIpc) is 2.94. The molecule has 6 nitrogen and oxygen atoms in total. The van der Waals surface area contributed by atoms with Crippen molar-refractivity contribution in [1.82, 2.24) is 20.0 Å². The van der Waals surface area contributed by atoms with Gasteiger partial charge in [-0.25, -0.2) is 4.39 Å². The highest BCUT2D eigenvalue weighted by Crippen LogP contribution is 2.29. The molecule has 1 aromatic rings. The number of piperidine rings is 1. The van der Waals surface area contributed by atoms with Gasteiger partial charge >= 0.3 is 0 Å². The van der Waals surface area contributed by atoms with Crippen molar-refractivity contribution in [2.45, 2.75) is 25.4 Å². The van der Waals surface area contributed by atoms with Gasteiger partial charge in [0.1, 0.15) is 5.82 Å². The SMILES string of the molecule is O=C1CN(CC(=O)N2C[C@H]3CC[C@@H]2CN(Cc2ccc(F)cc2)C3)CCN1. The lowest BCUT2D eigenvalue weighted by molar-refractivity contribution is -0.137. The number of nitrogens with zero attached hydrogens (tertiary/aromatic N) is 3. The molecule has 5 rings (SSSR count). The molecule has 0 aromatic heterocycles. The second-order valence-corrected chi connectivity index (χ2v) is 8.02. The van der Waals surface area contributed by atoms with Crippen LogP contribution in [0, 0.1) is 11.7 Å². The number of halogens is 1. The molecule has 1 aromatic carbocycles. The van der Waals surface area contributed by atoms with Gasteiger partial charge in [0.05, 0.1) is 13.1 Å². The number of amides is 2. The molecule has 4 saturated heterocycles. The van der Waals surface area contributed by atoms with E-state index in [2.05, 4.69) is 10.2 Å². The van der Waals surface area contributed by atoms with Crippen LogP contribution in [-0.4, -0.2) is 78.4 Å². The summed E-state index contributed by atoms with van der Waals surface area (Å²) in [5.41, 5.74) is 1.11. The van der Waals surface area contributed by atoms with Gasteiger partial charge in [-0.15, -0.1) is 0 Å². The number of carbonyl (C=O) groups excluding carboxylic acids is 2. The van der Waals surface area contributed by atoms with Crippen LogP contribution in [0.15, 0.2) is 24.3 Å². The van der Waals surface area contributed by atoms with E-state index >= 15 is 0 Å². The molecule has 0 radical (unpaired) electrons. The van der Waals surface area contributed by atoms with Crippen LogP contribution < -0.4 is 5.32 Å². The van der Waals surface area contributed by atoms with Crippen molar-refractivity contribution in [3.8, 4) is 0 Å². The second-order valence-electron chi connectivity index (χ2n) is 8.02. The Morgan fingerprint density at radius 1 is 1.11 bits per heavy atom. The lowest BCUT2D eigenvalue weighted by atomic mass is 9.95. The van der Waals surface area contributed by atoms with E-state index < -0.39 is 0 Å². The van der Waals surface area contributed by atoms with Crippen molar-refractivity contribution in [1.29, 1.82) is 0 Å². The third kappa shape index (κ3) is 4.47. The lowest BCUT2D eigenvalue weighted by Crippen LogP contribution is -2.54. The Labute approximate surface area is 159 Å². The Balaban J connectivity index is 1.38. The summed E-state index contributed by atoms with van der Waals surface area (Å²) in [5.74, 6) is 0.413. The molecule has 27 heavy (non-hydrogen) atoms. The molecule has 4 heterocycles. The highest BCUT2D eigenvalue weighted by Gasteiger charge is 2.37. The molecule has 0 aliphatic carbocycles. The average molecular weight is 374 g/mol. The smallest absolute Gasteiger partial charge is 0.237 e. The summed E-state index contributed by atoms with van der Waals surface area (Å²) in [5, 5.41) is 2.80. The third-order valence-corrected chi connectivity index (χ3v) is 5.91. The highest BCUT2D eigenvalue weighted by molar-refractivity contribution is 5.82. The first-order chi connectivity index (χ1) is 13.1. The van der Waals surface area contributed by atoms with Crippen molar-refractivity contribution < 1.29 is 14.0 Å². The summed E-state index contributed by atoms with van der Waals surface area (Å²) >= 11 is 0. The van der Waals surface area contributed by atoms with Crippen LogP contribution in [0.25, 0.3) is 0 Å². The first-order valence-electron chi connectivity index (χ1n) is 9.82. The molecule has 0 spiro atoms. The maximum atomic E-state index is 13.1. The van der Waals surface area contributed by atoms with Crippen LogP contribution in [0.1, 0.15) is 18.4 Å². The summed E-state index contributed by atoms with van der Waals surface area (Å²) in [6.07, 6.45) is 2.19. The van der Waals surface area contributed by atoms with Crippen molar-refractivity contribution in [2.75, 3.05) is 45.8 Å². The summed E-state index contributed by atoms with van der Waals surface area (Å²) in [4.78, 5) is 30.8. The zero-order valence-corrected chi connectivity index (χ0v) is 15.6. The third-order valence-electron chi connectivity index (χ3n) is 5.91. The van der Waals surface area contributed by atoms with Gasteiger partial charge in [-0.05, 0) is 36.5 Å². The van der Waals surface area contributed by atoms with Gasteiger partial charge in [-0.2, -0.15) is 0 Å². The van der Waals surface area contributed by atoms with Crippen LogP contribution in [0.3, 0.4) is 0 Å². The largest absolute Gasteiger partial charge is 0.354 e. The first kappa shape index (κ1) is 18.4. The summed E-state index contributed by atoms with van der Waals surface area (Å²) in [7, 11) is 0. The van der Waals surface area contributed by atoms with E-state index in [-0.39, 0.29) is 23.7 Å². The number of nitrogens with one attached hydrogen (secondary N) is 1. The molecule has 146 valence electrons. The fourth-order valence-electron chi connectivity index (χ4n) is 4.57. The fraction of sp³-hybridized carbons (Fsp3) is 0.600. The second kappa shape index (κ2) is 7.94. The van der Waals surface area contributed by atoms with Gasteiger partial charge in [0.25, 0.3) is 0 Å². The lowest BCUT2D eigenvalue weighted by Gasteiger charge is -2.38. The summed E-state index contributed by atoms with van der Waals surface area (Å²) in [6.45, 7) is 5.42. The van der Waals surface area contributed by atoms with E-state index in [9.17, 15) is 14.0 Å². The number of hydrogen-bond acceptors (Lipinski definition) is 4. The summed E-state index contributed by atoms with van der Waals surface area (Å²) < 4.78 is 13.1. The first-order valence-corrected chi connectivity index (χ1v) is 9.82. The molecule has 4 aliphatic rings. The Morgan fingerprint density at radius 3 is 2.70 bits per heavy atom. The van der Waals surface area contributed by atoms with Crippen LogP contribution in [-0.2, 0) is 16.1 Å². The summed E-state index contributed by atoms with van der Waals surface area (Å²) in [6, 6.07) is 6.92. The number of carbonyl (C=O) groups is 2. The van der Waals surface area contributed by atoms with Crippen LogP contribution in [0.5, 0.6) is 0 Å². The predicted molar refractivity (Wildman–Crippen MR) is 99.4 cm³/mol. The van der Waals surface area contributed by atoms with Gasteiger partial charge in [0.15, 0.2) is 0 Å². The van der Waals surface area contributed by atoms with Crippen molar-refractivity contribution >= 4 is 11.8 Å². The zero-order valence-electron chi connectivity index (χ0n) is 15.6. The molecule has 0 saturated carbocycles. The minimum absolute atomic E-state index is 0.00286. The minimum Gasteiger partial charge on any atom is -0.354 e. The van der Waals surface area contributed by atoms with Gasteiger partial charge in [-0.1, -0.05) is 12.1 Å². The van der Waals surface area contributed by atoms with Crippen molar-refractivity contribution in [3.63, 3.8) is 0 Å². The van der Waals surface area contributed by atoms with Crippen LogP contribution in [0.4, 0.5) is 4.39 Å². The Kier molecular flexibility index (Phi) is 5.41. The van der Waals surface area contributed by atoms with E-state index in [0.717, 1.165) is 51.1 Å². The molecule has 2 atom stereocenters. The number of hydrogen-bond donors (Lipinski definition) is 1. The maximum absolute atomic E-state index is 13.1. The molecular formula is C20H27FN4O2. The molecule has 2 amide bonds. The van der Waals surface area contributed by atoms with Gasteiger partial charge in [0.2, 0.25) is 11.8 Å². The molecule has 1 N–H and O–H groups in total.